The smallest absolute Gasteiger partial charge is 0.347 e. The van der Waals surface area contributed by atoms with Crippen LogP contribution in [0.5, 0.6) is 0 Å². The first kappa shape index (κ1) is 16.0. The maximum atomic E-state index is 12.0. The first-order valence-electron chi connectivity index (χ1n) is 6.42. The monoisotopic (exact) mass is 322 g/mol. The van der Waals surface area contributed by atoms with Crippen LogP contribution in [0.4, 0.5) is 13.2 Å². The highest BCUT2D eigenvalue weighted by Crippen LogP contribution is 2.23. The van der Waals surface area contributed by atoms with Gasteiger partial charge in [0.15, 0.2) is 5.82 Å². The van der Waals surface area contributed by atoms with Gasteiger partial charge in [-0.25, -0.2) is 4.79 Å². The van der Waals surface area contributed by atoms with Crippen molar-refractivity contribution >= 4 is 11.8 Å². The fraction of sp³-hybridized carbons (Fsp3) is 0.636. The van der Waals surface area contributed by atoms with E-state index in [4.69, 9.17) is 0 Å². The number of nitrogens with zero attached hydrogens (tertiary/aromatic N) is 2. The molecule has 1 aliphatic rings. The van der Waals surface area contributed by atoms with Gasteiger partial charge in [-0.1, -0.05) is 5.16 Å². The van der Waals surface area contributed by atoms with Gasteiger partial charge in [0.2, 0.25) is 11.8 Å². The van der Waals surface area contributed by atoms with E-state index in [0.29, 0.717) is 18.8 Å². The number of hydrogen-bond donors (Lipinski definition) is 2. The molecule has 1 fully saturated rings. The number of aromatic amines is 1. The maximum absolute atomic E-state index is 12.0. The summed E-state index contributed by atoms with van der Waals surface area (Å²) in [6.45, 7) is 0.0982. The molecule has 2 heterocycles. The molecule has 11 heteroatoms. The number of carbonyl (C=O) groups excluding carboxylic acids is 2. The van der Waals surface area contributed by atoms with Crippen LogP contribution in [0.1, 0.15) is 24.6 Å². The van der Waals surface area contributed by atoms with Crippen LogP contribution in [0.2, 0.25) is 0 Å². The van der Waals surface area contributed by atoms with Gasteiger partial charge in [-0.2, -0.15) is 13.2 Å². The number of nitrogens with one attached hydrogen (secondary N) is 2. The molecule has 0 saturated carbocycles. The minimum atomic E-state index is -4.61. The second-order valence-electron chi connectivity index (χ2n) is 4.87. The van der Waals surface area contributed by atoms with Crippen LogP contribution in [-0.2, 0) is 9.59 Å². The van der Waals surface area contributed by atoms with Gasteiger partial charge in [0.25, 0.3) is 0 Å². The molecular formula is C11H13F3N4O4. The van der Waals surface area contributed by atoms with Gasteiger partial charge < -0.3 is 10.2 Å². The van der Waals surface area contributed by atoms with Crippen LogP contribution in [0.3, 0.4) is 0 Å². The predicted molar refractivity (Wildman–Crippen MR) is 64.7 cm³/mol. The fourth-order valence-electron chi connectivity index (χ4n) is 2.16. The van der Waals surface area contributed by atoms with Crippen LogP contribution >= 0.6 is 0 Å². The quantitative estimate of drug-likeness (QED) is 0.794. The molecule has 1 aromatic rings. The summed E-state index contributed by atoms with van der Waals surface area (Å²) in [5.41, 5.74) is 0. The van der Waals surface area contributed by atoms with Gasteiger partial charge in [-0.15, -0.1) is 0 Å². The number of aromatic nitrogens is 2. The number of carbonyl (C=O) groups is 2. The van der Waals surface area contributed by atoms with Gasteiger partial charge in [-0.3, -0.25) is 19.1 Å². The molecule has 0 radical (unpaired) electrons. The van der Waals surface area contributed by atoms with Crippen molar-refractivity contribution in [1.82, 2.24) is 20.4 Å². The number of hydrogen-bond acceptors (Lipinski definition) is 5. The van der Waals surface area contributed by atoms with Crippen molar-refractivity contribution in [1.29, 1.82) is 0 Å². The van der Waals surface area contributed by atoms with E-state index in [-0.39, 0.29) is 12.5 Å². The first-order chi connectivity index (χ1) is 10.2. The SMILES string of the molecule is O=C(CC(F)(F)F)NCC(=O)N1CCC(c2noc(=O)[nH]2)C1. The van der Waals surface area contributed by atoms with Crippen molar-refractivity contribution in [3.05, 3.63) is 16.4 Å². The average Bonchev–Trinajstić information content (AvgIpc) is 3.02. The highest BCUT2D eigenvalue weighted by atomic mass is 19.4. The van der Waals surface area contributed by atoms with Crippen LogP contribution in [0.15, 0.2) is 9.32 Å². The maximum Gasteiger partial charge on any atom is 0.438 e. The van der Waals surface area contributed by atoms with Gasteiger partial charge in [0.05, 0.1) is 6.54 Å². The van der Waals surface area contributed by atoms with E-state index in [1.54, 1.807) is 0 Å². The van der Waals surface area contributed by atoms with E-state index in [0.717, 1.165) is 0 Å². The molecule has 0 spiro atoms. The average molecular weight is 322 g/mol. The highest BCUT2D eigenvalue weighted by Gasteiger charge is 2.32. The molecule has 1 aromatic heterocycles. The molecule has 2 N–H and O–H groups in total. The van der Waals surface area contributed by atoms with Gasteiger partial charge in [-0.05, 0) is 6.42 Å². The van der Waals surface area contributed by atoms with Gasteiger partial charge in [0.1, 0.15) is 6.42 Å². The lowest BCUT2D eigenvalue weighted by atomic mass is 10.1. The molecule has 0 aliphatic carbocycles. The van der Waals surface area contributed by atoms with Crippen LogP contribution < -0.4 is 11.1 Å². The van der Waals surface area contributed by atoms with Gasteiger partial charge >= 0.3 is 11.9 Å². The summed E-state index contributed by atoms with van der Waals surface area (Å²) in [4.78, 5) is 37.4. The lowest BCUT2D eigenvalue weighted by Crippen LogP contribution is -2.40. The lowest BCUT2D eigenvalue weighted by Gasteiger charge is -2.16. The highest BCUT2D eigenvalue weighted by molar-refractivity contribution is 5.85. The lowest BCUT2D eigenvalue weighted by molar-refractivity contribution is -0.154. The molecule has 2 rings (SSSR count). The number of amides is 2. The third kappa shape index (κ3) is 4.33. The molecule has 1 aliphatic heterocycles. The summed E-state index contributed by atoms with van der Waals surface area (Å²) in [7, 11) is 0. The zero-order chi connectivity index (χ0) is 16.3. The van der Waals surface area contributed by atoms with E-state index in [1.165, 1.54) is 4.90 Å². The molecule has 22 heavy (non-hydrogen) atoms. The fourth-order valence-corrected chi connectivity index (χ4v) is 2.16. The summed E-state index contributed by atoms with van der Waals surface area (Å²) in [6, 6.07) is 0. The summed E-state index contributed by atoms with van der Waals surface area (Å²) in [5, 5.41) is 5.46. The number of rotatable bonds is 4. The zero-order valence-electron chi connectivity index (χ0n) is 11.3. The topological polar surface area (TPSA) is 108 Å². The Kier molecular flexibility index (Phi) is 4.52. The first-order valence-corrected chi connectivity index (χ1v) is 6.42. The Morgan fingerprint density at radius 1 is 1.45 bits per heavy atom. The van der Waals surface area contributed by atoms with E-state index < -0.39 is 36.7 Å². The Morgan fingerprint density at radius 2 is 2.18 bits per heavy atom. The Hall–Kier alpha value is -2.33. The van der Waals surface area contributed by atoms with E-state index in [1.807, 2.05) is 5.32 Å². The third-order valence-electron chi connectivity index (χ3n) is 3.18. The number of H-pyrrole nitrogens is 1. The molecule has 8 nitrogen and oxygen atoms in total. The van der Waals surface area contributed by atoms with E-state index in [2.05, 4.69) is 14.7 Å². The number of likely N-dealkylation sites (tertiary alicyclic amines) is 1. The molecule has 1 saturated heterocycles. The molecule has 0 bridgehead atoms. The number of halogens is 3. The van der Waals surface area contributed by atoms with Crippen molar-refractivity contribution in [3.63, 3.8) is 0 Å². The van der Waals surface area contributed by atoms with Crippen molar-refractivity contribution in [2.45, 2.75) is 24.9 Å². The molecular weight excluding hydrogens is 309 g/mol. The summed E-state index contributed by atoms with van der Waals surface area (Å²) in [5.74, 6) is -2.33. The summed E-state index contributed by atoms with van der Waals surface area (Å²) in [6.07, 6.45) is -5.70. The minimum Gasteiger partial charge on any atom is -0.347 e. The number of alkyl halides is 3. The van der Waals surface area contributed by atoms with E-state index >= 15 is 0 Å². The second kappa shape index (κ2) is 6.20. The van der Waals surface area contributed by atoms with Crippen molar-refractivity contribution in [2.75, 3.05) is 19.6 Å². The summed E-state index contributed by atoms with van der Waals surface area (Å²) < 4.78 is 40.3. The van der Waals surface area contributed by atoms with Crippen molar-refractivity contribution in [2.24, 2.45) is 0 Å². The van der Waals surface area contributed by atoms with Crippen molar-refractivity contribution in [3.8, 4) is 0 Å². The Labute approximate surface area is 121 Å². The second-order valence-corrected chi connectivity index (χ2v) is 4.87. The molecule has 122 valence electrons. The van der Waals surface area contributed by atoms with Crippen LogP contribution in [0, 0.1) is 0 Å². The third-order valence-corrected chi connectivity index (χ3v) is 3.18. The minimum absolute atomic E-state index is 0.207. The Morgan fingerprint density at radius 3 is 2.77 bits per heavy atom. The largest absolute Gasteiger partial charge is 0.438 e. The summed E-state index contributed by atoms with van der Waals surface area (Å²) >= 11 is 0. The van der Waals surface area contributed by atoms with Crippen LogP contribution in [0.25, 0.3) is 0 Å². The van der Waals surface area contributed by atoms with Crippen LogP contribution in [-0.4, -0.2) is 52.7 Å². The Balaban J connectivity index is 1.80. The molecule has 0 aromatic carbocycles. The Bertz CT molecular complexity index is 609. The van der Waals surface area contributed by atoms with E-state index in [9.17, 15) is 27.6 Å². The van der Waals surface area contributed by atoms with Gasteiger partial charge in [0, 0.05) is 19.0 Å². The standard InChI is InChI=1S/C11H13F3N4O4/c12-11(13,14)3-7(19)15-4-8(20)18-2-1-6(5-18)9-16-10(21)22-17-9/h6H,1-5H2,(H,15,19)(H,16,17,21). The normalized spacial score (nSPS) is 18.5. The molecule has 1 atom stereocenters. The zero-order valence-corrected chi connectivity index (χ0v) is 11.3. The molecule has 2 amide bonds. The molecule has 1 unspecified atom stereocenters. The van der Waals surface area contributed by atoms with Crippen molar-refractivity contribution < 1.29 is 27.3 Å². The predicted octanol–water partition coefficient (Wildman–Crippen LogP) is -0.253.